The smallest absolute Gasteiger partial charge is 0.413 e. The number of benzene rings is 1. The van der Waals surface area contributed by atoms with Gasteiger partial charge in [0.25, 0.3) is 0 Å². The van der Waals surface area contributed by atoms with Gasteiger partial charge >= 0.3 is 6.09 Å². The first-order chi connectivity index (χ1) is 11.3. The Hall–Kier alpha value is -2.56. The molecular formula is C19H25N3O2. The summed E-state index contributed by atoms with van der Waals surface area (Å²) in [5.74, 6) is 0.454. The van der Waals surface area contributed by atoms with Crippen LogP contribution in [-0.2, 0) is 11.2 Å². The van der Waals surface area contributed by atoms with E-state index in [0.717, 1.165) is 17.8 Å². The van der Waals surface area contributed by atoms with Crippen LogP contribution in [0, 0.1) is 6.92 Å². The predicted molar refractivity (Wildman–Crippen MR) is 97.9 cm³/mol. The van der Waals surface area contributed by atoms with Gasteiger partial charge in [0, 0.05) is 5.69 Å². The van der Waals surface area contributed by atoms with Crippen LogP contribution in [0.3, 0.4) is 0 Å². The van der Waals surface area contributed by atoms with Crippen LogP contribution in [-0.4, -0.2) is 16.7 Å². The van der Waals surface area contributed by atoms with Crippen LogP contribution >= 0.6 is 0 Å². The molecule has 2 aromatic rings. The average Bonchev–Trinajstić information content (AvgIpc) is 2.49. The van der Waals surface area contributed by atoms with Crippen molar-refractivity contribution in [3.05, 3.63) is 47.7 Å². The quantitative estimate of drug-likeness (QED) is 0.825. The Morgan fingerprint density at radius 1 is 1.21 bits per heavy atom. The number of nitrogens with one attached hydrogen (secondary N) is 2. The number of carbonyl (C=O) groups excluding carboxylic acids is 1. The first-order valence-corrected chi connectivity index (χ1v) is 8.10. The van der Waals surface area contributed by atoms with Gasteiger partial charge < -0.3 is 10.1 Å². The standard InChI is InChI=1S/C19H25N3O2/c1-6-14-9-7-8-13(2)17(14)21-15-10-11-16(20-12-15)22-18(23)24-19(3,4)5/h7-12,21H,6H2,1-5H3,(H,20,22,23). The molecule has 0 atom stereocenters. The van der Waals surface area contributed by atoms with E-state index in [1.807, 2.05) is 26.8 Å². The van der Waals surface area contributed by atoms with E-state index in [-0.39, 0.29) is 0 Å². The van der Waals surface area contributed by atoms with Crippen molar-refractivity contribution in [1.82, 2.24) is 4.98 Å². The monoisotopic (exact) mass is 327 g/mol. The fourth-order valence-corrected chi connectivity index (χ4v) is 2.30. The fourth-order valence-electron chi connectivity index (χ4n) is 2.30. The molecule has 0 fully saturated rings. The van der Waals surface area contributed by atoms with Gasteiger partial charge in [0.2, 0.25) is 0 Å². The molecule has 5 nitrogen and oxygen atoms in total. The van der Waals surface area contributed by atoms with Crippen molar-refractivity contribution in [2.75, 3.05) is 10.6 Å². The molecule has 0 aliphatic heterocycles. The van der Waals surface area contributed by atoms with E-state index in [0.29, 0.717) is 5.82 Å². The molecule has 1 aromatic heterocycles. The number of carbonyl (C=O) groups is 1. The first-order valence-electron chi connectivity index (χ1n) is 8.10. The molecule has 5 heteroatoms. The molecule has 0 aliphatic carbocycles. The zero-order chi connectivity index (χ0) is 17.7. The van der Waals surface area contributed by atoms with Gasteiger partial charge in [-0.15, -0.1) is 0 Å². The SMILES string of the molecule is CCc1cccc(C)c1Nc1ccc(NC(=O)OC(C)(C)C)nc1. The molecule has 0 saturated carbocycles. The van der Waals surface area contributed by atoms with Crippen molar-refractivity contribution < 1.29 is 9.53 Å². The Balaban J connectivity index is 2.07. The van der Waals surface area contributed by atoms with Crippen molar-refractivity contribution in [2.45, 2.75) is 46.6 Å². The molecule has 24 heavy (non-hydrogen) atoms. The molecule has 128 valence electrons. The Kier molecular flexibility index (Phi) is 5.44. The number of para-hydroxylation sites is 1. The van der Waals surface area contributed by atoms with E-state index < -0.39 is 11.7 Å². The van der Waals surface area contributed by atoms with Crippen LogP contribution in [0.1, 0.15) is 38.8 Å². The number of ether oxygens (including phenoxy) is 1. The van der Waals surface area contributed by atoms with Gasteiger partial charge in [-0.25, -0.2) is 9.78 Å². The van der Waals surface area contributed by atoms with E-state index >= 15 is 0 Å². The lowest BCUT2D eigenvalue weighted by Gasteiger charge is -2.19. The number of pyridine rings is 1. The highest BCUT2D eigenvalue weighted by molar-refractivity contribution is 5.83. The fraction of sp³-hybridized carbons (Fsp3) is 0.368. The van der Waals surface area contributed by atoms with Crippen molar-refractivity contribution in [2.24, 2.45) is 0 Å². The van der Waals surface area contributed by atoms with E-state index in [9.17, 15) is 4.79 Å². The van der Waals surface area contributed by atoms with Gasteiger partial charge in [-0.1, -0.05) is 25.1 Å². The summed E-state index contributed by atoms with van der Waals surface area (Å²) in [5, 5.41) is 6.03. The number of hydrogen-bond acceptors (Lipinski definition) is 4. The van der Waals surface area contributed by atoms with Crippen molar-refractivity contribution in [1.29, 1.82) is 0 Å². The maximum absolute atomic E-state index is 11.7. The first kappa shape index (κ1) is 17.8. The molecule has 1 aromatic carbocycles. The summed E-state index contributed by atoms with van der Waals surface area (Å²) in [5.41, 5.74) is 3.88. The molecule has 0 saturated heterocycles. The van der Waals surface area contributed by atoms with E-state index in [4.69, 9.17) is 4.74 Å². The van der Waals surface area contributed by atoms with Crippen molar-refractivity contribution in [3.8, 4) is 0 Å². The third kappa shape index (κ3) is 4.98. The lowest BCUT2D eigenvalue weighted by atomic mass is 10.1. The molecule has 2 N–H and O–H groups in total. The Bertz CT molecular complexity index is 704. The summed E-state index contributed by atoms with van der Waals surface area (Å²) in [7, 11) is 0. The van der Waals surface area contributed by atoms with E-state index in [1.165, 1.54) is 11.1 Å². The highest BCUT2D eigenvalue weighted by atomic mass is 16.6. The second kappa shape index (κ2) is 7.34. The van der Waals surface area contributed by atoms with E-state index in [1.54, 1.807) is 12.3 Å². The summed E-state index contributed by atoms with van der Waals surface area (Å²) >= 11 is 0. The molecule has 0 bridgehead atoms. The van der Waals surface area contributed by atoms with Gasteiger partial charge in [-0.05, 0) is 57.4 Å². The van der Waals surface area contributed by atoms with Crippen LogP contribution in [0.5, 0.6) is 0 Å². The maximum atomic E-state index is 11.7. The van der Waals surface area contributed by atoms with Gasteiger partial charge in [0.05, 0.1) is 11.9 Å². The molecule has 2 rings (SSSR count). The molecular weight excluding hydrogens is 302 g/mol. The highest BCUT2D eigenvalue weighted by Gasteiger charge is 2.16. The number of aromatic nitrogens is 1. The molecule has 0 unspecified atom stereocenters. The third-order valence-corrected chi connectivity index (χ3v) is 3.40. The topological polar surface area (TPSA) is 63.2 Å². The molecule has 1 heterocycles. The summed E-state index contributed by atoms with van der Waals surface area (Å²) in [4.78, 5) is 16.0. The van der Waals surface area contributed by atoms with Crippen LogP contribution < -0.4 is 10.6 Å². The van der Waals surface area contributed by atoms with Crippen molar-refractivity contribution in [3.63, 3.8) is 0 Å². The minimum atomic E-state index is -0.535. The van der Waals surface area contributed by atoms with Crippen molar-refractivity contribution >= 4 is 23.3 Å². The zero-order valence-electron chi connectivity index (χ0n) is 14.9. The summed E-state index contributed by atoms with van der Waals surface area (Å²) < 4.78 is 5.21. The van der Waals surface area contributed by atoms with Gasteiger partial charge in [0.1, 0.15) is 11.4 Å². The lowest BCUT2D eigenvalue weighted by Crippen LogP contribution is -2.27. The Morgan fingerprint density at radius 2 is 1.96 bits per heavy atom. The zero-order valence-corrected chi connectivity index (χ0v) is 14.9. The average molecular weight is 327 g/mol. The number of rotatable bonds is 4. The number of amides is 1. The number of nitrogens with zero attached hydrogens (tertiary/aromatic N) is 1. The Morgan fingerprint density at radius 3 is 2.54 bits per heavy atom. The summed E-state index contributed by atoms with van der Waals surface area (Å²) in [6.45, 7) is 9.67. The van der Waals surface area contributed by atoms with Gasteiger partial charge in [-0.3, -0.25) is 5.32 Å². The molecule has 0 spiro atoms. The summed E-state index contributed by atoms with van der Waals surface area (Å²) in [6, 6.07) is 9.88. The molecule has 0 radical (unpaired) electrons. The number of hydrogen-bond donors (Lipinski definition) is 2. The molecule has 0 aliphatic rings. The minimum absolute atomic E-state index is 0.454. The van der Waals surface area contributed by atoms with Crippen LogP contribution in [0.4, 0.5) is 22.0 Å². The highest BCUT2D eigenvalue weighted by Crippen LogP contribution is 2.25. The van der Waals surface area contributed by atoms with Gasteiger partial charge in [-0.2, -0.15) is 0 Å². The second-order valence-electron chi connectivity index (χ2n) is 6.65. The second-order valence-corrected chi connectivity index (χ2v) is 6.65. The third-order valence-electron chi connectivity index (χ3n) is 3.40. The maximum Gasteiger partial charge on any atom is 0.413 e. The lowest BCUT2D eigenvalue weighted by molar-refractivity contribution is 0.0635. The summed E-state index contributed by atoms with van der Waals surface area (Å²) in [6.07, 6.45) is 2.14. The predicted octanol–water partition coefficient (Wildman–Crippen LogP) is 5.04. The van der Waals surface area contributed by atoms with E-state index in [2.05, 4.69) is 47.7 Å². The Labute approximate surface area is 143 Å². The normalized spacial score (nSPS) is 11.0. The van der Waals surface area contributed by atoms with Crippen LogP contribution in [0.2, 0.25) is 0 Å². The minimum Gasteiger partial charge on any atom is -0.444 e. The molecule has 1 amide bonds. The number of aryl methyl sites for hydroxylation is 2. The van der Waals surface area contributed by atoms with Crippen LogP contribution in [0.25, 0.3) is 0 Å². The van der Waals surface area contributed by atoms with Crippen LogP contribution in [0.15, 0.2) is 36.5 Å². The van der Waals surface area contributed by atoms with Gasteiger partial charge in [0.15, 0.2) is 0 Å². The number of anilines is 3. The largest absolute Gasteiger partial charge is 0.444 e.